The number of nitrogens with zero attached hydrogens (tertiary/aromatic N) is 3. The first kappa shape index (κ1) is 16.3. The topological polar surface area (TPSA) is 75.7 Å². The van der Waals surface area contributed by atoms with Gasteiger partial charge in [-0.2, -0.15) is 0 Å². The van der Waals surface area contributed by atoms with Crippen molar-refractivity contribution >= 4 is 34.8 Å². The highest BCUT2D eigenvalue weighted by molar-refractivity contribution is 6.80. The molecule has 0 aliphatic rings. The lowest BCUT2D eigenvalue weighted by atomic mass is 9.55. The van der Waals surface area contributed by atoms with Crippen LogP contribution in [0, 0.1) is 0 Å². The summed E-state index contributed by atoms with van der Waals surface area (Å²) < 4.78 is 6.20. The number of aromatic nitrogens is 4. The van der Waals surface area contributed by atoms with Crippen LogP contribution in [0.2, 0.25) is 0 Å². The Morgan fingerprint density at radius 3 is 2.27 bits per heavy atom. The second kappa shape index (κ2) is 7.80. The molecule has 7 heteroatoms. The van der Waals surface area contributed by atoms with Crippen LogP contribution in [-0.2, 0) is 4.65 Å². The van der Waals surface area contributed by atoms with Gasteiger partial charge in [0.15, 0.2) is 11.5 Å². The molecule has 128 valence electrons. The summed E-state index contributed by atoms with van der Waals surface area (Å²) in [5.41, 5.74) is 3.72. The van der Waals surface area contributed by atoms with E-state index in [1.807, 2.05) is 36.4 Å². The minimum absolute atomic E-state index is 0.100. The Hall–Kier alpha value is -3.19. The smallest absolute Gasteiger partial charge is 0.361 e. The quantitative estimate of drug-likeness (QED) is 0.394. The fourth-order valence-corrected chi connectivity index (χ4v) is 2.89. The summed E-state index contributed by atoms with van der Waals surface area (Å²) in [6.07, 6.45) is 3.12. The fourth-order valence-electron chi connectivity index (χ4n) is 2.89. The number of aromatic amines is 1. The third-order valence-corrected chi connectivity index (χ3v) is 4.11. The predicted octanol–water partition coefficient (Wildman–Crippen LogP) is 1.59. The fraction of sp³-hybridized carbons (Fsp3) is 0.105. The number of imidazole rings is 1. The molecule has 26 heavy (non-hydrogen) atoms. The zero-order valence-electron chi connectivity index (χ0n) is 14.2. The number of hydrogen-bond donors (Lipinski definition) is 2. The number of benzene rings is 2. The van der Waals surface area contributed by atoms with Gasteiger partial charge in [0.2, 0.25) is 0 Å². The predicted molar refractivity (Wildman–Crippen MR) is 104 cm³/mol. The SMILES string of the molecule is c1ccc(B(OCCNc2ncnc3nc[nH]c23)c2ccccc2)cc1. The van der Waals surface area contributed by atoms with E-state index in [1.165, 1.54) is 6.33 Å². The molecule has 0 radical (unpaired) electrons. The van der Waals surface area contributed by atoms with Gasteiger partial charge in [0.25, 0.3) is 0 Å². The molecule has 4 aromatic rings. The lowest BCUT2D eigenvalue weighted by Crippen LogP contribution is -2.45. The van der Waals surface area contributed by atoms with E-state index in [1.54, 1.807) is 6.33 Å². The highest BCUT2D eigenvalue weighted by Gasteiger charge is 2.20. The van der Waals surface area contributed by atoms with Crippen molar-refractivity contribution in [2.24, 2.45) is 0 Å². The lowest BCUT2D eigenvalue weighted by Gasteiger charge is -2.16. The number of rotatable bonds is 7. The molecule has 2 N–H and O–H groups in total. The number of nitrogens with one attached hydrogen (secondary N) is 2. The summed E-state index contributed by atoms with van der Waals surface area (Å²) in [7, 11) is 0. The first-order chi connectivity index (χ1) is 12.9. The van der Waals surface area contributed by atoms with Crippen LogP contribution in [0.5, 0.6) is 0 Å². The van der Waals surface area contributed by atoms with Crippen LogP contribution in [0.1, 0.15) is 0 Å². The third-order valence-electron chi connectivity index (χ3n) is 4.11. The molecule has 0 spiro atoms. The van der Waals surface area contributed by atoms with Crippen LogP contribution in [0.25, 0.3) is 11.2 Å². The van der Waals surface area contributed by atoms with Crippen LogP contribution in [0.15, 0.2) is 73.3 Å². The Labute approximate surface area is 151 Å². The maximum Gasteiger partial charge on any atom is 0.361 e. The Kier molecular flexibility index (Phi) is 4.89. The summed E-state index contributed by atoms with van der Waals surface area (Å²) in [5, 5.41) is 3.28. The molecule has 0 saturated heterocycles. The summed E-state index contributed by atoms with van der Waals surface area (Å²) in [6, 6.07) is 20.5. The van der Waals surface area contributed by atoms with Gasteiger partial charge in [-0.15, -0.1) is 0 Å². The molecule has 0 saturated carbocycles. The molecular formula is C19H18BN5O. The van der Waals surface area contributed by atoms with E-state index in [0.29, 0.717) is 18.8 Å². The van der Waals surface area contributed by atoms with Gasteiger partial charge in [0.05, 0.1) is 6.33 Å². The molecule has 2 heterocycles. The first-order valence-electron chi connectivity index (χ1n) is 8.51. The molecule has 6 nitrogen and oxygen atoms in total. The molecular weight excluding hydrogens is 325 g/mol. The van der Waals surface area contributed by atoms with Crippen LogP contribution >= 0.6 is 0 Å². The summed E-state index contributed by atoms with van der Waals surface area (Å²) >= 11 is 0. The van der Waals surface area contributed by atoms with Gasteiger partial charge in [-0.3, -0.25) is 0 Å². The van der Waals surface area contributed by atoms with Gasteiger partial charge in [0, 0.05) is 13.2 Å². The minimum Gasteiger partial charge on any atom is -0.425 e. The highest BCUT2D eigenvalue weighted by Crippen LogP contribution is 2.13. The summed E-state index contributed by atoms with van der Waals surface area (Å²) in [4.78, 5) is 15.6. The molecule has 2 aromatic carbocycles. The number of fused-ring (bicyclic) bond motifs is 1. The molecule has 0 unspecified atom stereocenters. The molecule has 0 aliphatic carbocycles. The average molecular weight is 343 g/mol. The van der Waals surface area contributed by atoms with Crippen LogP contribution < -0.4 is 16.2 Å². The number of H-pyrrole nitrogens is 1. The van der Waals surface area contributed by atoms with Gasteiger partial charge in [0.1, 0.15) is 11.8 Å². The van der Waals surface area contributed by atoms with Crippen molar-refractivity contribution in [3.05, 3.63) is 73.3 Å². The monoisotopic (exact) mass is 343 g/mol. The second-order valence-electron chi connectivity index (χ2n) is 5.82. The van der Waals surface area contributed by atoms with Gasteiger partial charge in [-0.25, -0.2) is 15.0 Å². The normalized spacial score (nSPS) is 10.8. The molecule has 2 aromatic heterocycles. The van der Waals surface area contributed by atoms with E-state index in [-0.39, 0.29) is 6.92 Å². The molecule has 0 amide bonds. The summed E-state index contributed by atoms with van der Waals surface area (Å²) in [5.74, 6) is 0.729. The van der Waals surface area contributed by atoms with Gasteiger partial charge in [-0.1, -0.05) is 60.7 Å². The highest BCUT2D eigenvalue weighted by atomic mass is 16.4. The van der Waals surface area contributed by atoms with E-state index in [0.717, 1.165) is 22.3 Å². The number of anilines is 1. The first-order valence-corrected chi connectivity index (χ1v) is 8.51. The lowest BCUT2D eigenvalue weighted by molar-refractivity contribution is 0.349. The Bertz CT molecular complexity index is 922. The Morgan fingerprint density at radius 1 is 0.885 bits per heavy atom. The zero-order chi connectivity index (χ0) is 17.6. The van der Waals surface area contributed by atoms with Crippen LogP contribution in [0.4, 0.5) is 5.82 Å². The van der Waals surface area contributed by atoms with Gasteiger partial charge in [-0.05, 0) is 10.9 Å². The molecule has 0 bridgehead atoms. The third kappa shape index (κ3) is 3.57. The van der Waals surface area contributed by atoms with E-state index >= 15 is 0 Å². The average Bonchev–Trinajstić information content (AvgIpc) is 3.19. The molecule has 0 aliphatic heterocycles. The Balaban J connectivity index is 1.43. The van der Waals surface area contributed by atoms with Gasteiger partial charge >= 0.3 is 6.92 Å². The van der Waals surface area contributed by atoms with E-state index in [2.05, 4.69) is 49.5 Å². The minimum atomic E-state index is -0.100. The standard InChI is InChI=1S/C19H18BN5O/c1-3-7-15(8-4-1)20(16-9-5-2-6-10-16)26-12-11-21-18-17-19(23-13-22-17)25-14-24-18/h1-10,13-14H,11-12H2,(H2,21,22,23,24,25). The largest absolute Gasteiger partial charge is 0.425 e. The van der Waals surface area contributed by atoms with Crippen LogP contribution in [0.3, 0.4) is 0 Å². The zero-order valence-corrected chi connectivity index (χ0v) is 14.2. The van der Waals surface area contributed by atoms with E-state index in [9.17, 15) is 0 Å². The van der Waals surface area contributed by atoms with Crippen molar-refractivity contribution in [1.29, 1.82) is 0 Å². The van der Waals surface area contributed by atoms with Crippen molar-refractivity contribution in [3.8, 4) is 0 Å². The molecule has 4 rings (SSSR count). The van der Waals surface area contributed by atoms with E-state index < -0.39 is 0 Å². The molecule has 0 fully saturated rings. The number of hydrogen-bond acceptors (Lipinski definition) is 5. The summed E-state index contributed by atoms with van der Waals surface area (Å²) in [6.45, 7) is 1.06. The van der Waals surface area contributed by atoms with E-state index in [4.69, 9.17) is 4.65 Å². The maximum atomic E-state index is 6.20. The van der Waals surface area contributed by atoms with Crippen molar-refractivity contribution in [1.82, 2.24) is 19.9 Å². The van der Waals surface area contributed by atoms with Gasteiger partial charge < -0.3 is 15.0 Å². The molecule has 0 atom stereocenters. The van der Waals surface area contributed by atoms with Crippen molar-refractivity contribution in [2.45, 2.75) is 0 Å². The maximum absolute atomic E-state index is 6.20. The van der Waals surface area contributed by atoms with Crippen molar-refractivity contribution in [2.75, 3.05) is 18.5 Å². The van der Waals surface area contributed by atoms with Crippen molar-refractivity contribution in [3.63, 3.8) is 0 Å². The van der Waals surface area contributed by atoms with Crippen molar-refractivity contribution < 1.29 is 4.65 Å². The van der Waals surface area contributed by atoms with Crippen LogP contribution in [-0.4, -0.2) is 40.0 Å². The Morgan fingerprint density at radius 2 is 1.58 bits per heavy atom. The second-order valence-corrected chi connectivity index (χ2v) is 5.82.